The van der Waals surface area contributed by atoms with Gasteiger partial charge in [-0.15, -0.1) is 6.58 Å². The van der Waals surface area contributed by atoms with Gasteiger partial charge in [-0.2, -0.15) is 5.10 Å². The average molecular weight is 377 g/mol. The average Bonchev–Trinajstić information content (AvgIpc) is 3.09. The van der Waals surface area contributed by atoms with Crippen LogP contribution in [0.3, 0.4) is 0 Å². The van der Waals surface area contributed by atoms with E-state index in [4.69, 9.17) is 10.5 Å². The van der Waals surface area contributed by atoms with E-state index < -0.39 is 5.91 Å². The standard InChI is InChI=1S/C11H17N5O3.C4H8.C4H6/c12-11(18)10-8(7-13-15-10)14-9(17)1-2-16-3-5-19-6-4-16;1-4(2)3;1-3-4-2/h7H,1-6H2,(H2,12,18)(H,13,15)(H,14,17);1H2,2-3H3;3-4H,1-2H2. The van der Waals surface area contributed by atoms with Gasteiger partial charge in [0.25, 0.3) is 5.91 Å². The molecule has 150 valence electrons. The first kappa shape index (κ1) is 24.3. The number of allylic oxidation sites excluding steroid dienone is 3. The van der Waals surface area contributed by atoms with Gasteiger partial charge in [-0.05, 0) is 13.8 Å². The SMILES string of the molecule is C=C(C)C.C=CC=C.NC(=O)c1[nH]ncc1NC(=O)CCN1CCOCC1. The van der Waals surface area contributed by atoms with Crippen LogP contribution in [0.2, 0.25) is 0 Å². The molecule has 1 aliphatic heterocycles. The van der Waals surface area contributed by atoms with Crippen molar-refractivity contribution in [3.8, 4) is 0 Å². The minimum atomic E-state index is -0.652. The van der Waals surface area contributed by atoms with Crippen molar-refractivity contribution in [2.45, 2.75) is 20.3 Å². The van der Waals surface area contributed by atoms with Gasteiger partial charge in [0, 0.05) is 26.1 Å². The van der Waals surface area contributed by atoms with E-state index in [1.54, 1.807) is 12.2 Å². The van der Waals surface area contributed by atoms with Gasteiger partial charge in [0.15, 0.2) is 0 Å². The molecular weight excluding hydrogens is 346 g/mol. The number of aromatic nitrogens is 2. The third-order valence-corrected chi connectivity index (χ3v) is 3.09. The van der Waals surface area contributed by atoms with Gasteiger partial charge in [-0.25, -0.2) is 0 Å². The second kappa shape index (κ2) is 14.5. The normalized spacial score (nSPS) is 13.1. The van der Waals surface area contributed by atoms with Crippen LogP contribution in [-0.4, -0.2) is 59.8 Å². The Kier molecular flexibility index (Phi) is 13.0. The van der Waals surface area contributed by atoms with Gasteiger partial charge in [0.05, 0.1) is 25.1 Å². The van der Waals surface area contributed by atoms with Crippen molar-refractivity contribution in [2.24, 2.45) is 5.73 Å². The zero-order valence-electron chi connectivity index (χ0n) is 16.3. The summed E-state index contributed by atoms with van der Waals surface area (Å²) in [5.74, 6) is -0.823. The highest BCUT2D eigenvalue weighted by molar-refractivity contribution is 6.01. The third kappa shape index (κ3) is 12.3. The number of rotatable bonds is 6. The molecule has 0 radical (unpaired) electrons. The van der Waals surface area contributed by atoms with E-state index in [1.165, 1.54) is 11.8 Å². The number of primary amides is 1. The molecule has 0 aliphatic carbocycles. The minimum Gasteiger partial charge on any atom is -0.379 e. The quantitative estimate of drug-likeness (QED) is 0.519. The summed E-state index contributed by atoms with van der Waals surface area (Å²) >= 11 is 0. The second-order valence-corrected chi connectivity index (χ2v) is 5.95. The van der Waals surface area contributed by atoms with Gasteiger partial charge < -0.3 is 15.8 Å². The molecule has 1 fully saturated rings. The summed E-state index contributed by atoms with van der Waals surface area (Å²) in [7, 11) is 0. The number of anilines is 1. The lowest BCUT2D eigenvalue weighted by Gasteiger charge is -2.26. The summed E-state index contributed by atoms with van der Waals surface area (Å²) in [4.78, 5) is 25.0. The van der Waals surface area contributed by atoms with Gasteiger partial charge in [0.1, 0.15) is 5.69 Å². The molecule has 4 N–H and O–H groups in total. The first-order valence-corrected chi connectivity index (χ1v) is 8.60. The number of nitrogens with one attached hydrogen (secondary N) is 2. The second-order valence-electron chi connectivity index (χ2n) is 5.95. The van der Waals surface area contributed by atoms with Gasteiger partial charge in [-0.3, -0.25) is 19.6 Å². The van der Waals surface area contributed by atoms with E-state index in [0.717, 1.165) is 13.1 Å². The van der Waals surface area contributed by atoms with Crippen LogP contribution in [0.25, 0.3) is 0 Å². The number of carbonyl (C=O) groups excluding carboxylic acids is 2. The number of hydrogen-bond acceptors (Lipinski definition) is 5. The maximum Gasteiger partial charge on any atom is 0.268 e. The molecule has 0 spiro atoms. The number of morpholine rings is 1. The van der Waals surface area contributed by atoms with Crippen LogP contribution >= 0.6 is 0 Å². The molecule has 2 heterocycles. The van der Waals surface area contributed by atoms with Crippen molar-refractivity contribution in [3.63, 3.8) is 0 Å². The third-order valence-electron chi connectivity index (χ3n) is 3.09. The number of ether oxygens (including phenoxy) is 1. The lowest BCUT2D eigenvalue weighted by atomic mass is 10.3. The molecule has 0 saturated carbocycles. The van der Waals surface area contributed by atoms with Crippen molar-refractivity contribution in [3.05, 3.63) is 49.4 Å². The molecule has 1 aromatic rings. The van der Waals surface area contributed by atoms with Crippen molar-refractivity contribution in [1.29, 1.82) is 0 Å². The fourth-order valence-electron chi connectivity index (χ4n) is 1.87. The Morgan fingerprint density at radius 1 is 1.33 bits per heavy atom. The van der Waals surface area contributed by atoms with Crippen molar-refractivity contribution >= 4 is 17.5 Å². The molecular formula is C19H31N5O3. The van der Waals surface area contributed by atoms with E-state index in [0.29, 0.717) is 31.9 Å². The van der Waals surface area contributed by atoms with Gasteiger partial charge in [0.2, 0.25) is 5.91 Å². The zero-order valence-corrected chi connectivity index (χ0v) is 16.3. The van der Waals surface area contributed by atoms with Crippen LogP contribution in [0, 0.1) is 0 Å². The lowest BCUT2D eigenvalue weighted by molar-refractivity contribution is -0.116. The maximum atomic E-state index is 11.8. The topological polar surface area (TPSA) is 113 Å². The number of nitrogens with two attached hydrogens (primary N) is 1. The molecule has 1 saturated heterocycles. The summed E-state index contributed by atoms with van der Waals surface area (Å²) in [6.45, 7) is 18.0. The number of aromatic amines is 1. The number of carbonyl (C=O) groups is 2. The zero-order chi connectivity index (χ0) is 20.7. The minimum absolute atomic E-state index is 0.111. The molecule has 0 bridgehead atoms. The Morgan fingerprint density at radius 2 is 1.89 bits per heavy atom. The predicted molar refractivity (Wildman–Crippen MR) is 108 cm³/mol. The van der Waals surface area contributed by atoms with Crippen LogP contribution in [0.4, 0.5) is 5.69 Å². The predicted octanol–water partition coefficient (Wildman–Crippen LogP) is 2.11. The summed E-state index contributed by atoms with van der Waals surface area (Å²) < 4.78 is 5.23. The Balaban J connectivity index is 0.000000718. The number of nitrogens with zero attached hydrogens (tertiary/aromatic N) is 2. The van der Waals surface area contributed by atoms with Crippen LogP contribution in [0.5, 0.6) is 0 Å². The number of amides is 2. The van der Waals surface area contributed by atoms with Crippen LogP contribution in [-0.2, 0) is 9.53 Å². The van der Waals surface area contributed by atoms with Crippen molar-refractivity contribution < 1.29 is 14.3 Å². The van der Waals surface area contributed by atoms with Crippen LogP contribution < -0.4 is 11.1 Å². The van der Waals surface area contributed by atoms with E-state index >= 15 is 0 Å². The van der Waals surface area contributed by atoms with Gasteiger partial charge >= 0.3 is 0 Å². The van der Waals surface area contributed by atoms with E-state index in [1.807, 2.05) is 13.8 Å². The molecule has 8 nitrogen and oxygen atoms in total. The van der Waals surface area contributed by atoms with E-state index in [-0.39, 0.29) is 11.6 Å². The number of hydrogen-bond donors (Lipinski definition) is 3. The Morgan fingerprint density at radius 3 is 2.37 bits per heavy atom. The molecule has 1 aromatic heterocycles. The summed E-state index contributed by atoms with van der Waals surface area (Å²) in [5, 5.41) is 8.75. The molecule has 0 aromatic carbocycles. The molecule has 8 heteroatoms. The molecule has 2 amide bonds. The summed E-state index contributed by atoms with van der Waals surface area (Å²) in [6.07, 6.45) is 5.00. The largest absolute Gasteiger partial charge is 0.379 e. The fourth-order valence-corrected chi connectivity index (χ4v) is 1.87. The van der Waals surface area contributed by atoms with Crippen LogP contribution in [0.15, 0.2) is 43.7 Å². The van der Waals surface area contributed by atoms with Crippen LogP contribution in [0.1, 0.15) is 30.8 Å². The van der Waals surface area contributed by atoms with Crippen molar-refractivity contribution in [1.82, 2.24) is 15.1 Å². The van der Waals surface area contributed by atoms with Gasteiger partial charge in [-0.1, -0.05) is 30.9 Å². The molecule has 27 heavy (non-hydrogen) atoms. The molecule has 1 aliphatic rings. The molecule has 0 atom stereocenters. The summed E-state index contributed by atoms with van der Waals surface area (Å²) in [5.41, 5.74) is 6.74. The summed E-state index contributed by atoms with van der Waals surface area (Å²) in [6, 6.07) is 0. The highest BCUT2D eigenvalue weighted by atomic mass is 16.5. The fraction of sp³-hybridized carbons (Fsp3) is 0.421. The Hall–Kier alpha value is -2.71. The number of H-pyrrole nitrogens is 1. The molecule has 0 unspecified atom stereocenters. The van der Waals surface area contributed by atoms with Crippen molar-refractivity contribution in [2.75, 3.05) is 38.2 Å². The van der Waals surface area contributed by atoms with E-state index in [2.05, 4.69) is 40.2 Å². The smallest absolute Gasteiger partial charge is 0.268 e. The highest BCUT2D eigenvalue weighted by Crippen LogP contribution is 2.11. The first-order chi connectivity index (χ1) is 12.8. The highest BCUT2D eigenvalue weighted by Gasteiger charge is 2.15. The lowest BCUT2D eigenvalue weighted by Crippen LogP contribution is -2.38. The van der Waals surface area contributed by atoms with E-state index in [9.17, 15) is 9.59 Å². The Bertz CT molecular complexity index is 609. The monoisotopic (exact) mass is 377 g/mol. The first-order valence-electron chi connectivity index (χ1n) is 8.60. The molecule has 2 rings (SSSR count). The Labute approximate surface area is 161 Å². The maximum absolute atomic E-state index is 11.8.